The summed E-state index contributed by atoms with van der Waals surface area (Å²) in [4.78, 5) is 3.38. The van der Waals surface area contributed by atoms with E-state index in [9.17, 15) is 0 Å². The van der Waals surface area contributed by atoms with Gasteiger partial charge in [0.25, 0.3) is 0 Å². The fourth-order valence-corrected chi connectivity index (χ4v) is 6.49. The van der Waals surface area contributed by atoms with Crippen molar-refractivity contribution in [2.75, 3.05) is 0 Å². The number of para-hydroxylation sites is 2. The van der Waals surface area contributed by atoms with Gasteiger partial charge >= 0.3 is 0 Å². The van der Waals surface area contributed by atoms with Crippen molar-refractivity contribution >= 4 is 53.3 Å². The van der Waals surface area contributed by atoms with Crippen LogP contribution < -0.4 is 0 Å². The zero-order chi connectivity index (χ0) is 26.2. The van der Waals surface area contributed by atoms with E-state index in [1.54, 1.807) is 0 Å². The van der Waals surface area contributed by atoms with E-state index in [1.165, 1.54) is 69.8 Å². The summed E-state index contributed by atoms with van der Waals surface area (Å²) in [5.41, 5.74) is 8.79. The van der Waals surface area contributed by atoms with Gasteiger partial charge in [-0.25, -0.2) is 0 Å². The summed E-state index contributed by atoms with van der Waals surface area (Å²) in [6.45, 7) is 2.14. The van der Waals surface area contributed by atoms with E-state index in [0.717, 1.165) is 0 Å². The average molecular weight is 518 g/mol. The minimum Gasteiger partial charge on any atom is -0.355 e. The molecule has 0 bridgehead atoms. The maximum absolute atomic E-state index is 3.38. The zero-order valence-electron chi connectivity index (χ0n) is 21.7. The SMILES string of the molecule is Cc1cccc(-c2cccc(-c3ccc4sc5ccccc5c4c3)c2)c1.c1ccc2c(c1)[nH]c1ccccc12. The van der Waals surface area contributed by atoms with E-state index >= 15 is 0 Å². The molecule has 1 N–H and O–H groups in total. The lowest BCUT2D eigenvalue weighted by atomic mass is 9.97. The van der Waals surface area contributed by atoms with Crippen molar-refractivity contribution in [3.8, 4) is 22.3 Å². The molecular weight excluding hydrogens is 490 g/mol. The van der Waals surface area contributed by atoms with Crippen LogP contribution in [0.5, 0.6) is 0 Å². The second kappa shape index (κ2) is 9.90. The standard InChI is InChI=1S/C25H18S.C12H9N/c1-17-6-4-7-18(14-17)19-8-5-9-20(15-19)21-12-13-25-23(16-21)22-10-2-3-11-24(22)26-25;1-3-7-11-9(5-1)10-6-2-4-8-12(10)13-11/h2-16H,1H3;1-8,13H. The van der Waals surface area contributed by atoms with Crippen molar-refractivity contribution < 1.29 is 0 Å². The maximum atomic E-state index is 3.38. The third-order valence-electron chi connectivity index (χ3n) is 7.34. The van der Waals surface area contributed by atoms with Gasteiger partial charge in [-0.2, -0.15) is 0 Å². The molecular formula is C37H27NS. The van der Waals surface area contributed by atoms with E-state index in [1.807, 2.05) is 11.3 Å². The smallest absolute Gasteiger partial charge is 0.0464 e. The van der Waals surface area contributed by atoms with E-state index in [-0.39, 0.29) is 0 Å². The molecule has 0 radical (unpaired) electrons. The molecule has 2 heterocycles. The minimum atomic E-state index is 1.21. The number of benzene rings is 6. The lowest BCUT2D eigenvalue weighted by Gasteiger charge is -2.07. The molecule has 8 aromatic rings. The van der Waals surface area contributed by atoms with Crippen molar-refractivity contribution in [1.82, 2.24) is 4.98 Å². The Kier molecular flexibility index (Phi) is 5.96. The second-order valence-corrected chi connectivity index (χ2v) is 11.1. The number of fused-ring (bicyclic) bond motifs is 6. The monoisotopic (exact) mass is 517 g/mol. The molecule has 1 nitrogen and oxygen atoms in total. The molecule has 0 saturated heterocycles. The highest BCUT2D eigenvalue weighted by Crippen LogP contribution is 2.37. The van der Waals surface area contributed by atoms with E-state index in [4.69, 9.17) is 0 Å². The van der Waals surface area contributed by atoms with Gasteiger partial charge in [0.2, 0.25) is 0 Å². The number of rotatable bonds is 2. The molecule has 0 unspecified atom stereocenters. The van der Waals surface area contributed by atoms with Gasteiger partial charge < -0.3 is 4.98 Å². The Morgan fingerprint density at radius 2 is 0.949 bits per heavy atom. The highest BCUT2D eigenvalue weighted by atomic mass is 32.1. The van der Waals surface area contributed by atoms with Crippen LogP contribution in [0.3, 0.4) is 0 Å². The number of H-pyrrole nitrogens is 1. The van der Waals surface area contributed by atoms with Crippen LogP contribution in [0.15, 0.2) is 140 Å². The number of hydrogen-bond donors (Lipinski definition) is 1. The molecule has 8 rings (SSSR count). The molecule has 0 aliphatic rings. The fourth-order valence-electron chi connectivity index (χ4n) is 5.41. The second-order valence-electron chi connectivity index (χ2n) is 9.98. The Morgan fingerprint density at radius 1 is 0.410 bits per heavy atom. The number of nitrogens with one attached hydrogen (secondary N) is 1. The Bertz CT molecular complexity index is 2040. The summed E-state index contributed by atoms with van der Waals surface area (Å²) in [5.74, 6) is 0. The number of hydrogen-bond acceptors (Lipinski definition) is 1. The molecule has 6 aromatic carbocycles. The van der Waals surface area contributed by atoms with E-state index in [2.05, 4.69) is 151 Å². The minimum absolute atomic E-state index is 1.21. The number of aryl methyl sites for hydroxylation is 1. The van der Waals surface area contributed by atoms with Gasteiger partial charge in [-0.1, -0.05) is 109 Å². The van der Waals surface area contributed by atoms with Crippen LogP contribution in [0.4, 0.5) is 0 Å². The summed E-state index contributed by atoms with van der Waals surface area (Å²) >= 11 is 1.87. The highest BCUT2D eigenvalue weighted by Gasteiger charge is 2.08. The van der Waals surface area contributed by atoms with Gasteiger partial charge in [-0.3, -0.25) is 0 Å². The largest absolute Gasteiger partial charge is 0.355 e. The van der Waals surface area contributed by atoms with Gasteiger partial charge in [-0.15, -0.1) is 11.3 Å². The molecule has 0 aliphatic carbocycles. The number of aromatic amines is 1. The quantitative estimate of drug-likeness (QED) is 0.235. The molecule has 0 saturated carbocycles. The number of aromatic nitrogens is 1. The molecule has 186 valence electrons. The predicted molar refractivity (Wildman–Crippen MR) is 171 cm³/mol. The molecule has 2 aromatic heterocycles. The Morgan fingerprint density at radius 3 is 1.64 bits per heavy atom. The lowest BCUT2D eigenvalue weighted by Crippen LogP contribution is -1.82. The average Bonchev–Trinajstić information content (AvgIpc) is 3.56. The van der Waals surface area contributed by atoms with Crippen LogP contribution in [-0.4, -0.2) is 4.98 Å². The summed E-state index contributed by atoms with van der Waals surface area (Å²) in [7, 11) is 0. The van der Waals surface area contributed by atoms with Gasteiger partial charge in [0.05, 0.1) is 0 Å². The zero-order valence-corrected chi connectivity index (χ0v) is 22.5. The molecule has 0 spiro atoms. The maximum Gasteiger partial charge on any atom is 0.0464 e. The van der Waals surface area contributed by atoms with Crippen molar-refractivity contribution in [3.63, 3.8) is 0 Å². The van der Waals surface area contributed by atoms with Crippen LogP contribution in [0.25, 0.3) is 64.2 Å². The van der Waals surface area contributed by atoms with Crippen molar-refractivity contribution in [3.05, 3.63) is 145 Å². The van der Waals surface area contributed by atoms with Crippen molar-refractivity contribution in [2.24, 2.45) is 0 Å². The predicted octanol–water partition coefficient (Wildman–Crippen LogP) is 11.0. The fraction of sp³-hybridized carbons (Fsp3) is 0.0270. The van der Waals surface area contributed by atoms with Crippen LogP contribution in [0.2, 0.25) is 0 Å². The summed E-state index contributed by atoms with van der Waals surface area (Å²) < 4.78 is 2.71. The first-order valence-corrected chi connectivity index (χ1v) is 14.1. The molecule has 2 heteroatoms. The molecule has 0 fully saturated rings. The molecule has 0 amide bonds. The van der Waals surface area contributed by atoms with E-state index < -0.39 is 0 Å². The molecule has 0 atom stereocenters. The normalized spacial score (nSPS) is 11.2. The molecule has 0 aliphatic heterocycles. The van der Waals surface area contributed by atoms with Gasteiger partial charge in [-0.05, 0) is 65.6 Å². The van der Waals surface area contributed by atoms with Gasteiger partial charge in [0, 0.05) is 42.0 Å². The Hall–Kier alpha value is -4.66. The van der Waals surface area contributed by atoms with E-state index in [0.29, 0.717) is 0 Å². The first kappa shape index (κ1) is 23.5. The first-order chi connectivity index (χ1) is 19.2. The Labute approximate surface area is 232 Å². The molecule has 39 heavy (non-hydrogen) atoms. The highest BCUT2D eigenvalue weighted by molar-refractivity contribution is 7.25. The van der Waals surface area contributed by atoms with Gasteiger partial charge in [0.1, 0.15) is 0 Å². The van der Waals surface area contributed by atoms with Crippen molar-refractivity contribution in [2.45, 2.75) is 6.92 Å². The van der Waals surface area contributed by atoms with Crippen molar-refractivity contribution in [1.29, 1.82) is 0 Å². The third-order valence-corrected chi connectivity index (χ3v) is 8.49. The van der Waals surface area contributed by atoms with Crippen LogP contribution in [0, 0.1) is 6.92 Å². The number of thiophene rings is 1. The topological polar surface area (TPSA) is 15.8 Å². The Balaban J connectivity index is 0.000000162. The van der Waals surface area contributed by atoms with Crippen LogP contribution >= 0.6 is 11.3 Å². The lowest BCUT2D eigenvalue weighted by molar-refractivity contribution is 1.47. The summed E-state index contributed by atoms with van der Waals surface area (Å²) in [6, 6.07) is 49.8. The van der Waals surface area contributed by atoms with Crippen LogP contribution in [0.1, 0.15) is 5.56 Å². The third kappa shape index (κ3) is 4.50. The summed E-state index contributed by atoms with van der Waals surface area (Å²) in [5, 5.41) is 5.31. The van der Waals surface area contributed by atoms with Gasteiger partial charge in [0.15, 0.2) is 0 Å². The summed E-state index contributed by atoms with van der Waals surface area (Å²) in [6.07, 6.45) is 0. The van der Waals surface area contributed by atoms with Crippen LogP contribution in [-0.2, 0) is 0 Å². The first-order valence-electron chi connectivity index (χ1n) is 13.3.